The number of carbonyl (C=O) groups is 2. The predicted octanol–water partition coefficient (Wildman–Crippen LogP) is 1.18. The summed E-state index contributed by atoms with van der Waals surface area (Å²) < 4.78 is 37.5. The molecule has 0 heterocycles. The maximum Gasteiger partial charge on any atom is 0.418 e. The number of hydrogen-bond donors (Lipinski definition) is 2. The molecule has 0 aliphatic rings. The maximum absolute atomic E-state index is 12.5. The van der Waals surface area contributed by atoms with Crippen LogP contribution in [0.3, 0.4) is 0 Å². The van der Waals surface area contributed by atoms with E-state index in [-0.39, 0.29) is 4.90 Å². The van der Waals surface area contributed by atoms with Crippen LogP contribution in [0.5, 0.6) is 0 Å². The Morgan fingerprint density at radius 2 is 1.62 bits per heavy atom. The molecule has 5 nitrogen and oxygen atoms in total. The fraction of sp³-hybridized carbons (Fsp3) is 0.750. The van der Waals surface area contributed by atoms with Crippen molar-refractivity contribution in [2.24, 2.45) is 5.73 Å². The van der Waals surface area contributed by atoms with Gasteiger partial charge in [-0.15, -0.1) is 0 Å². The number of nitrogens with two attached hydrogens (primary N) is 1. The molecule has 94 valence electrons. The molecule has 2 amide bonds. The van der Waals surface area contributed by atoms with Crippen LogP contribution in [0.15, 0.2) is 0 Å². The average molecular weight is 242 g/mol. The van der Waals surface area contributed by atoms with E-state index in [1.807, 2.05) is 0 Å². The average Bonchev–Trinajstić information content (AvgIpc) is 1.92. The first-order chi connectivity index (χ1) is 6.89. The van der Waals surface area contributed by atoms with Crippen molar-refractivity contribution in [3.63, 3.8) is 0 Å². The van der Waals surface area contributed by atoms with E-state index in [0.717, 1.165) is 0 Å². The van der Waals surface area contributed by atoms with Gasteiger partial charge in [0.25, 0.3) is 0 Å². The standard InChI is InChI=1S/C8H13F3N2O3/c1-7(2,3)13(6(15)16)4(5(12)14)8(9,10)11/h4H,1-3H3,(H2,12,14)(H,15,16). The van der Waals surface area contributed by atoms with Gasteiger partial charge in [0.05, 0.1) is 0 Å². The third-order valence-electron chi connectivity index (χ3n) is 1.77. The van der Waals surface area contributed by atoms with Crippen LogP contribution in [0.2, 0.25) is 0 Å². The highest BCUT2D eigenvalue weighted by Gasteiger charge is 2.52. The third kappa shape index (κ3) is 3.28. The molecule has 8 heteroatoms. The summed E-state index contributed by atoms with van der Waals surface area (Å²) in [6, 6.07) is -2.84. The van der Waals surface area contributed by atoms with Crippen LogP contribution in [0.25, 0.3) is 0 Å². The number of rotatable bonds is 2. The first-order valence-electron chi connectivity index (χ1n) is 4.27. The molecule has 0 fully saturated rings. The minimum Gasteiger partial charge on any atom is -0.465 e. The summed E-state index contributed by atoms with van der Waals surface area (Å²) in [6.07, 6.45) is -6.88. The van der Waals surface area contributed by atoms with Crippen LogP contribution in [-0.4, -0.2) is 39.8 Å². The first-order valence-corrected chi connectivity index (χ1v) is 4.27. The second kappa shape index (κ2) is 4.18. The number of nitrogens with zero attached hydrogens (tertiary/aromatic N) is 1. The van der Waals surface area contributed by atoms with Gasteiger partial charge in [0.1, 0.15) is 0 Å². The van der Waals surface area contributed by atoms with Gasteiger partial charge < -0.3 is 10.8 Å². The normalized spacial score (nSPS) is 14.4. The van der Waals surface area contributed by atoms with Gasteiger partial charge in [-0.1, -0.05) is 0 Å². The van der Waals surface area contributed by atoms with Crippen molar-refractivity contribution >= 4 is 12.0 Å². The zero-order valence-corrected chi connectivity index (χ0v) is 9.00. The Hall–Kier alpha value is -1.47. The van der Waals surface area contributed by atoms with Crippen molar-refractivity contribution in [3.05, 3.63) is 0 Å². The largest absolute Gasteiger partial charge is 0.465 e. The summed E-state index contributed by atoms with van der Waals surface area (Å²) in [5.74, 6) is -1.75. The zero-order valence-electron chi connectivity index (χ0n) is 9.00. The lowest BCUT2D eigenvalue weighted by atomic mass is 10.0. The molecule has 0 aromatic rings. The summed E-state index contributed by atoms with van der Waals surface area (Å²) >= 11 is 0. The molecule has 3 N–H and O–H groups in total. The summed E-state index contributed by atoms with van der Waals surface area (Å²) in [7, 11) is 0. The highest BCUT2D eigenvalue weighted by molar-refractivity contribution is 5.85. The lowest BCUT2D eigenvalue weighted by Gasteiger charge is -2.38. The maximum atomic E-state index is 12.5. The predicted molar refractivity (Wildman–Crippen MR) is 48.7 cm³/mol. The number of alkyl halides is 3. The molecule has 1 unspecified atom stereocenters. The number of primary amides is 1. The second-order valence-electron chi connectivity index (χ2n) is 4.17. The quantitative estimate of drug-likeness (QED) is 0.762. The summed E-state index contributed by atoms with van der Waals surface area (Å²) in [4.78, 5) is 21.5. The van der Waals surface area contributed by atoms with Crippen molar-refractivity contribution in [2.75, 3.05) is 0 Å². The molecule has 0 spiro atoms. The smallest absolute Gasteiger partial charge is 0.418 e. The molecular weight excluding hydrogens is 229 g/mol. The molecule has 0 bridgehead atoms. The van der Waals surface area contributed by atoms with E-state index in [4.69, 9.17) is 5.11 Å². The number of carbonyl (C=O) groups excluding carboxylic acids is 1. The van der Waals surface area contributed by atoms with E-state index < -0.39 is 29.8 Å². The van der Waals surface area contributed by atoms with E-state index in [1.165, 1.54) is 20.8 Å². The summed E-state index contributed by atoms with van der Waals surface area (Å²) in [5, 5.41) is 8.71. The van der Waals surface area contributed by atoms with Crippen molar-refractivity contribution in [1.82, 2.24) is 4.90 Å². The van der Waals surface area contributed by atoms with Gasteiger partial charge in [0.15, 0.2) is 0 Å². The molecule has 0 aromatic heterocycles. The molecule has 0 radical (unpaired) electrons. The molecule has 0 saturated carbocycles. The van der Waals surface area contributed by atoms with Crippen LogP contribution in [0.4, 0.5) is 18.0 Å². The van der Waals surface area contributed by atoms with Crippen LogP contribution >= 0.6 is 0 Å². The number of carboxylic acid groups (broad SMARTS) is 1. The second-order valence-corrected chi connectivity index (χ2v) is 4.17. The van der Waals surface area contributed by atoms with Gasteiger partial charge in [-0.05, 0) is 20.8 Å². The topological polar surface area (TPSA) is 83.6 Å². The van der Waals surface area contributed by atoms with Gasteiger partial charge >= 0.3 is 12.3 Å². The van der Waals surface area contributed by atoms with E-state index in [9.17, 15) is 22.8 Å². The van der Waals surface area contributed by atoms with E-state index in [2.05, 4.69) is 5.73 Å². The Bertz CT molecular complexity index is 266. The lowest BCUT2D eigenvalue weighted by molar-refractivity contribution is -0.191. The number of halogens is 3. The van der Waals surface area contributed by atoms with Crippen LogP contribution in [0.1, 0.15) is 20.8 Å². The molecule has 0 aromatic carbocycles. The van der Waals surface area contributed by atoms with Crippen molar-refractivity contribution in [1.29, 1.82) is 0 Å². The van der Waals surface area contributed by atoms with Crippen molar-refractivity contribution in [3.8, 4) is 0 Å². The Labute approximate surface area is 90.0 Å². The summed E-state index contributed by atoms with van der Waals surface area (Å²) in [6.45, 7) is 3.72. The minimum absolute atomic E-state index is 0.00463. The van der Waals surface area contributed by atoms with Crippen LogP contribution < -0.4 is 5.73 Å². The van der Waals surface area contributed by atoms with Gasteiger partial charge in [-0.2, -0.15) is 13.2 Å². The Morgan fingerprint density at radius 3 is 1.69 bits per heavy atom. The highest BCUT2D eigenvalue weighted by atomic mass is 19.4. The molecule has 0 rings (SSSR count). The fourth-order valence-corrected chi connectivity index (χ4v) is 1.22. The Morgan fingerprint density at radius 1 is 1.25 bits per heavy atom. The summed E-state index contributed by atoms with van der Waals surface area (Å²) in [5.41, 5.74) is 3.21. The highest BCUT2D eigenvalue weighted by Crippen LogP contribution is 2.29. The van der Waals surface area contributed by atoms with E-state index >= 15 is 0 Å². The molecule has 0 aliphatic heterocycles. The monoisotopic (exact) mass is 242 g/mol. The van der Waals surface area contributed by atoms with Crippen molar-refractivity contribution in [2.45, 2.75) is 38.5 Å². The molecule has 16 heavy (non-hydrogen) atoms. The molecule has 0 aliphatic carbocycles. The minimum atomic E-state index is -5.03. The van der Waals surface area contributed by atoms with E-state index in [1.54, 1.807) is 0 Å². The van der Waals surface area contributed by atoms with Crippen molar-refractivity contribution < 1.29 is 27.9 Å². The lowest BCUT2D eigenvalue weighted by Crippen LogP contribution is -2.61. The Balaban J connectivity index is 5.48. The van der Waals surface area contributed by atoms with Gasteiger partial charge in [0, 0.05) is 5.54 Å². The van der Waals surface area contributed by atoms with E-state index in [0.29, 0.717) is 0 Å². The van der Waals surface area contributed by atoms with Gasteiger partial charge in [-0.3, -0.25) is 9.69 Å². The fourth-order valence-electron chi connectivity index (χ4n) is 1.22. The molecular formula is C8H13F3N2O3. The zero-order chi connectivity index (χ0) is 13.3. The third-order valence-corrected chi connectivity index (χ3v) is 1.77. The number of amides is 2. The molecule has 0 saturated heterocycles. The molecule has 1 atom stereocenters. The van der Waals surface area contributed by atoms with Crippen LogP contribution in [-0.2, 0) is 4.79 Å². The van der Waals surface area contributed by atoms with Crippen LogP contribution in [0, 0.1) is 0 Å². The van der Waals surface area contributed by atoms with Gasteiger partial charge in [0.2, 0.25) is 11.9 Å². The van der Waals surface area contributed by atoms with Gasteiger partial charge in [-0.25, -0.2) is 4.79 Å². The first kappa shape index (κ1) is 14.5. The Kier molecular flexibility index (Phi) is 3.80. The number of hydrogen-bond acceptors (Lipinski definition) is 2. The SMILES string of the molecule is CC(C)(C)N(C(=O)O)C(C(N)=O)C(F)(F)F.